The Kier molecular flexibility index (Phi) is 4.32. The summed E-state index contributed by atoms with van der Waals surface area (Å²) in [5, 5.41) is 0. The fourth-order valence-electron chi connectivity index (χ4n) is 3.12. The van der Waals surface area contributed by atoms with Gasteiger partial charge in [0.1, 0.15) is 5.75 Å². The second-order valence-electron chi connectivity index (χ2n) is 5.91. The number of nitrogens with zero attached hydrogens (tertiary/aromatic N) is 1. The van der Waals surface area contributed by atoms with Crippen molar-refractivity contribution in [3.63, 3.8) is 0 Å². The highest BCUT2D eigenvalue weighted by Crippen LogP contribution is 2.26. The van der Waals surface area contributed by atoms with E-state index in [4.69, 9.17) is 15.4 Å². The van der Waals surface area contributed by atoms with Crippen LogP contribution in [-0.2, 0) is 26.7 Å². The van der Waals surface area contributed by atoms with Gasteiger partial charge in [-0.3, -0.25) is 4.79 Å². The molecule has 0 N–H and O–H groups in total. The van der Waals surface area contributed by atoms with Crippen LogP contribution in [0.25, 0.3) is 0 Å². The number of halogens is 1. The lowest BCUT2D eigenvalue weighted by molar-refractivity contribution is -0.127. The van der Waals surface area contributed by atoms with Crippen molar-refractivity contribution in [1.82, 2.24) is 4.90 Å². The average Bonchev–Trinajstić information content (AvgIpc) is 3.00. The normalized spacial score (nSPS) is 21.0. The van der Waals surface area contributed by atoms with E-state index in [9.17, 15) is 13.2 Å². The minimum absolute atomic E-state index is 0.00908. The van der Waals surface area contributed by atoms with Crippen LogP contribution in [0.3, 0.4) is 0 Å². The molecule has 0 bridgehead atoms. The molecular weight excluding hydrogens is 326 g/mol. The summed E-state index contributed by atoms with van der Waals surface area (Å²) in [7, 11) is 1.72. The van der Waals surface area contributed by atoms with Gasteiger partial charge < -0.3 is 9.64 Å². The van der Waals surface area contributed by atoms with Crippen LogP contribution in [0.15, 0.2) is 18.2 Å². The number of ether oxygens (including phenoxy) is 1. The van der Waals surface area contributed by atoms with Crippen molar-refractivity contribution >= 4 is 25.6 Å². The molecule has 1 fully saturated rings. The minimum atomic E-state index is -3.55. The number of carbonyl (C=O) groups is 1. The fourth-order valence-corrected chi connectivity index (χ4v) is 4.44. The molecule has 2 heterocycles. The second kappa shape index (κ2) is 6.08. The molecule has 22 heavy (non-hydrogen) atoms. The van der Waals surface area contributed by atoms with Crippen molar-refractivity contribution in [3.05, 3.63) is 29.3 Å². The molecule has 2 aliphatic rings. The van der Waals surface area contributed by atoms with Gasteiger partial charge in [0, 0.05) is 42.5 Å². The van der Waals surface area contributed by atoms with E-state index < -0.39 is 9.05 Å². The number of benzene rings is 1. The molecule has 1 atom stereocenters. The average molecular weight is 344 g/mol. The summed E-state index contributed by atoms with van der Waals surface area (Å²) in [6.07, 6.45) is 1.96. The number of rotatable bonds is 5. The summed E-state index contributed by atoms with van der Waals surface area (Å²) in [6, 6.07) is 6.13. The van der Waals surface area contributed by atoms with E-state index in [1.165, 1.54) is 11.1 Å². The van der Waals surface area contributed by atoms with Gasteiger partial charge >= 0.3 is 0 Å². The number of carbonyl (C=O) groups excluding carboxylic acids is 1. The monoisotopic (exact) mass is 343 g/mol. The number of hydrogen-bond donors (Lipinski definition) is 0. The highest BCUT2D eigenvalue weighted by atomic mass is 35.7. The molecule has 0 spiro atoms. The summed E-state index contributed by atoms with van der Waals surface area (Å²) in [5.74, 6) is 0.638. The van der Waals surface area contributed by atoms with E-state index in [1.54, 1.807) is 4.90 Å². The molecule has 3 rings (SSSR count). The molecule has 0 saturated carbocycles. The number of fused-ring (bicyclic) bond motifs is 1. The van der Waals surface area contributed by atoms with Gasteiger partial charge in [-0.25, -0.2) is 8.42 Å². The Hall–Kier alpha value is -1.27. The topological polar surface area (TPSA) is 63.7 Å². The molecule has 0 aliphatic carbocycles. The SMILES string of the molecule is O=C1CC(CS(=O)(=O)Cl)CN1CCc1ccc2c(c1)CCO2. The van der Waals surface area contributed by atoms with Gasteiger partial charge in [0.25, 0.3) is 0 Å². The summed E-state index contributed by atoms with van der Waals surface area (Å²) < 4.78 is 27.7. The number of amides is 1. The summed E-state index contributed by atoms with van der Waals surface area (Å²) >= 11 is 0. The Morgan fingerprint density at radius 3 is 2.95 bits per heavy atom. The first-order valence-electron chi connectivity index (χ1n) is 7.35. The van der Waals surface area contributed by atoms with Crippen LogP contribution >= 0.6 is 10.7 Å². The molecule has 1 unspecified atom stereocenters. The van der Waals surface area contributed by atoms with Crippen LogP contribution in [0.4, 0.5) is 0 Å². The lowest BCUT2D eigenvalue weighted by Crippen LogP contribution is -2.28. The predicted octanol–water partition coefficient (Wildman–Crippen LogP) is 1.58. The highest BCUT2D eigenvalue weighted by Gasteiger charge is 2.31. The maximum absolute atomic E-state index is 11.9. The van der Waals surface area contributed by atoms with E-state index in [0.29, 0.717) is 13.1 Å². The Morgan fingerprint density at radius 2 is 2.18 bits per heavy atom. The molecule has 120 valence electrons. The molecule has 0 aromatic heterocycles. The van der Waals surface area contributed by atoms with Crippen molar-refractivity contribution in [1.29, 1.82) is 0 Å². The van der Waals surface area contributed by atoms with E-state index >= 15 is 0 Å². The third-order valence-corrected chi connectivity index (χ3v) is 5.40. The smallest absolute Gasteiger partial charge is 0.232 e. The summed E-state index contributed by atoms with van der Waals surface area (Å²) in [6.45, 7) is 1.81. The molecule has 5 nitrogen and oxygen atoms in total. The molecule has 1 aromatic carbocycles. The van der Waals surface area contributed by atoms with Gasteiger partial charge in [0.2, 0.25) is 15.0 Å². The second-order valence-corrected chi connectivity index (χ2v) is 8.73. The van der Waals surface area contributed by atoms with Gasteiger partial charge in [-0.15, -0.1) is 0 Å². The maximum Gasteiger partial charge on any atom is 0.232 e. The van der Waals surface area contributed by atoms with E-state index in [2.05, 4.69) is 6.07 Å². The Morgan fingerprint density at radius 1 is 1.36 bits per heavy atom. The lowest BCUT2D eigenvalue weighted by Gasteiger charge is -2.16. The third-order valence-electron chi connectivity index (χ3n) is 4.15. The maximum atomic E-state index is 11.9. The zero-order valence-corrected chi connectivity index (χ0v) is 13.7. The first-order chi connectivity index (χ1) is 10.4. The summed E-state index contributed by atoms with van der Waals surface area (Å²) in [5.41, 5.74) is 2.39. The molecule has 2 aliphatic heterocycles. The van der Waals surface area contributed by atoms with Gasteiger partial charge in [-0.2, -0.15) is 0 Å². The van der Waals surface area contributed by atoms with Crippen LogP contribution in [0.2, 0.25) is 0 Å². The van der Waals surface area contributed by atoms with Gasteiger partial charge in [0.05, 0.1) is 12.4 Å². The quantitative estimate of drug-likeness (QED) is 0.761. The third kappa shape index (κ3) is 3.73. The molecule has 1 amide bonds. The molecule has 1 aromatic rings. The van der Waals surface area contributed by atoms with Gasteiger partial charge in [-0.1, -0.05) is 12.1 Å². The zero-order chi connectivity index (χ0) is 15.7. The number of likely N-dealkylation sites (tertiary alicyclic amines) is 1. The lowest BCUT2D eigenvalue weighted by atomic mass is 10.1. The molecular formula is C15H18ClNO4S. The zero-order valence-electron chi connectivity index (χ0n) is 12.1. The standard InChI is InChI=1S/C15H18ClNO4S/c16-22(19,20)10-12-8-15(18)17(9-12)5-3-11-1-2-14-13(7-11)4-6-21-14/h1-2,7,12H,3-6,8-10H2. The molecule has 7 heteroatoms. The molecule has 1 saturated heterocycles. The van der Waals surface area contributed by atoms with E-state index in [-0.39, 0.29) is 24.0 Å². The predicted molar refractivity (Wildman–Crippen MR) is 83.7 cm³/mol. The first-order valence-corrected chi connectivity index (χ1v) is 9.83. The van der Waals surface area contributed by atoms with Crippen molar-refractivity contribution in [3.8, 4) is 5.75 Å². The Labute approximate surface area is 134 Å². The van der Waals surface area contributed by atoms with Gasteiger partial charge in [0.15, 0.2) is 0 Å². The van der Waals surface area contributed by atoms with Crippen LogP contribution in [0.1, 0.15) is 17.5 Å². The summed E-state index contributed by atoms with van der Waals surface area (Å²) in [4.78, 5) is 13.7. The Bertz CT molecular complexity index is 689. The fraction of sp³-hybridized carbons (Fsp3) is 0.533. The Balaban J connectivity index is 1.56. The minimum Gasteiger partial charge on any atom is -0.493 e. The highest BCUT2D eigenvalue weighted by molar-refractivity contribution is 8.13. The van der Waals surface area contributed by atoms with Crippen LogP contribution in [0, 0.1) is 5.92 Å². The van der Waals surface area contributed by atoms with E-state index in [0.717, 1.165) is 25.2 Å². The van der Waals surface area contributed by atoms with Crippen molar-refractivity contribution in [2.24, 2.45) is 5.92 Å². The van der Waals surface area contributed by atoms with Crippen LogP contribution in [-0.4, -0.2) is 44.7 Å². The molecule has 0 radical (unpaired) electrons. The van der Waals surface area contributed by atoms with Crippen LogP contribution in [0.5, 0.6) is 5.75 Å². The first kappa shape index (κ1) is 15.6. The van der Waals surface area contributed by atoms with E-state index in [1.807, 2.05) is 12.1 Å². The van der Waals surface area contributed by atoms with Crippen molar-refractivity contribution in [2.75, 3.05) is 25.4 Å². The largest absolute Gasteiger partial charge is 0.493 e. The van der Waals surface area contributed by atoms with Crippen molar-refractivity contribution < 1.29 is 17.9 Å². The van der Waals surface area contributed by atoms with Crippen LogP contribution < -0.4 is 4.74 Å². The number of hydrogen-bond acceptors (Lipinski definition) is 4. The van der Waals surface area contributed by atoms with Crippen molar-refractivity contribution in [2.45, 2.75) is 19.3 Å². The van der Waals surface area contributed by atoms with Gasteiger partial charge in [-0.05, 0) is 23.6 Å².